The quantitative estimate of drug-likeness (QED) is 0.828. The van der Waals surface area contributed by atoms with Gasteiger partial charge in [-0.1, -0.05) is 6.92 Å². The molecule has 1 saturated heterocycles. The van der Waals surface area contributed by atoms with E-state index in [-0.39, 0.29) is 0 Å². The summed E-state index contributed by atoms with van der Waals surface area (Å²) in [5.41, 5.74) is 5.63. The summed E-state index contributed by atoms with van der Waals surface area (Å²) in [4.78, 5) is 13.5. The fourth-order valence-corrected chi connectivity index (χ4v) is 2.35. The van der Waals surface area contributed by atoms with Gasteiger partial charge in [-0.05, 0) is 19.4 Å². The average Bonchev–Trinajstić information content (AvgIpc) is 2.72. The molecule has 1 aliphatic rings. The molecule has 20 heavy (non-hydrogen) atoms. The number of ether oxygens (including phenoxy) is 1. The molecule has 2 heterocycles. The van der Waals surface area contributed by atoms with Crippen LogP contribution in [0.1, 0.15) is 19.8 Å². The predicted octanol–water partition coefficient (Wildman–Crippen LogP) is 0.736. The Morgan fingerprint density at radius 1 is 1.30 bits per heavy atom. The molecule has 0 saturated carbocycles. The van der Waals surface area contributed by atoms with Crippen molar-refractivity contribution in [2.75, 3.05) is 50.8 Å². The number of nitrogens with two attached hydrogens (primary N) is 1. The van der Waals surface area contributed by atoms with Crippen molar-refractivity contribution in [1.29, 1.82) is 0 Å². The highest BCUT2D eigenvalue weighted by atomic mass is 16.5. The first-order valence-corrected chi connectivity index (χ1v) is 7.46. The van der Waals surface area contributed by atoms with Gasteiger partial charge < -0.3 is 20.3 Å². The summed E-state index contributed by atoms with van der Waals surface area (Å²) in [6, 6.07) is 1.82. The smallest absolute Gasteiger partial charge is 0.228 e. The monoisotopic (exact) mass is 279 g/mol. The maximum atomic E-state index is 5.63. The molecular formula is C14H25N5O. The van der Waals surface area contributed by atoms with E-state index in [9.17, 15) is 0 Å². The Morgan fingerprint density at radius 3 is 3.00 bits per heavy atom. The van der Waals surface area contributed by atoms with Crippen LogP contribution in [0.2, 0.25) is 0 Å². The molecule has 0 unspecified atom stereocenters. The van der Waals surface area contributed by atoms with E-state index in [1.165, 1.54) is 0 Å². The molecule has 0 radical (unpaired) electrons. The number of anilines is 1. The van der Waals surface area contributed by atoms with Gasteiger partial charge in [0.05, 0.1) is 6.61 Å². The van der Waals surface area contributed by atoms with Gasteiger partial charge in [0, 0.05) is 45.0 Å². The van der Waals surface area contributed by atoms with Crippen molar-refractivity contribution in [2.45, 2.75) is 19.8 Å². The van der Waals surface area contributed by atoms with Crippen LogP contribution in [0.4, 0.5) is 5.95 Å². The van der Waals surface area contributed by atoms with Crippen molar-refractivity contribution >= 4 is 5.95 Å². The fraction of sp³-hybridized carbons (Fsp3) is 0.714. The Bertz CT molecular complexity index is 401. The normalized spacial score (nSPS) is 17.0. The minimum atomic E-state index is 0.667. The first-order chi connectivity index (χ1) is 9.83. The van der Waals surface area contributed by atoms with Crippen molar-refractivity contribution in [3.05, 3.63) is 12.3 Å². The van der Waals surface area contributed by atoms with Gasteiger partial charge in [0.1, 0.15) is 0 Å². The Hall–Kier alpha value is -1.40. The second kappa shape index (κ2) is 8.01. The Labute approximate surface area is 120 Å². The van der Waals surface area contributed by atoms with Crippen LogP contribution in [0.25, 0.3) is 0 Å². The third-order valence-corrected chi connectivity index (χ3v) is 3.39. The zero-order valence-corrected chi connectivity index (χ0v) is 12.3. The van der Waals surface area contributed by atoms with Gasteiger partial charge in [0.25, 0.3) is 0 Å². The van der Waals surface area contributed by atoms with Crippen molar-refractivity contribution in [3.63, 3.8) is 0 Å². The van der Waals surface area contributed by atoms with E-state index in [0.717, 1.165) is 58.1 Å². The number of hydrogen-bond acceptors (Lipinski definition) is 6. The lowest BCUT2D eigenvalue weighted by Gasteiger charge is -2.21. The molecule has 0 amide bonds. The second-order valence-corrected chi connectivity index (χ2v) is 5.01. The molecule has 6 nitrogen and oxygen atoms in total. The standard InChI is InChI=1S/C14H25N5O/c1-2-12-20-13-4-6-16-14(17-13)19-8-3-7-18(9-5-15)10-11-19/h4,6H,2-3,5,7-12,15H2,1H3. The molecule has 2 N–H and O–H groups in total. The maximum absolute atomic E-state index is 5.63. The van der Waals surface area contributed by atoms with Gasteiger partial charge in [-0.15, -0.1) is 0 Å². The summed E-state index contributed by atoms with van der Waals surface area (Å²) < 4.78 is 5.57. The molecule has 2 rings (SSSR count). The van der Waals surface area contributed by atoms with E-state index in [1.807, 2.05) is 6.07 Å². The number of hydrogen-bond donors (Lipinski definition) is 1. The summed E-state index contributed by atoms with van der Waals surface area (Å²) in [6.07, 6.45) is 3.87. The molecule has 1 fully saturated rings. The largest absolute Gasteiger partial charge is 0.478 e. The predicted molar refractivity (Wildman–Crippen MR) is 80.1 cm³/mol. The molecular weight excluding hydrogens is 254 g/mol. The van der Waals surface area contributed by atoms with E-state index in [2.05, 4.69) is 26.7 Å². The summed E-state index contributed by atoms with van der Waals surface area (Å²) >= 11 is 0. The summed E-state index contributed by atoms with van der Waals surface area (Å²) in [6.45, 7) is 8.50. The Kier molecular flexibility index (Phi) is 6.01. The molecule has 1 aliphatic heterocycles. The van der Waals surface area contributed by atoms with E-state index >= 15 is 0 Å². The molecule has 0 atom stereocenters. The lowest BCUT2D eigenvalue weighted by atomic mass is 10.4. The number of nitrogens with zero attached hydrogens (tertiary/aromatic N) is 4. The van der Waals surface area contributed by atoms with E-state index in [0.29, 0.717) is 12.5 Å². The molecule has 112 valence electrons. The van der Waals surface area contributed by atoms with Gasteiger partial charge in [0.15, 0.2) is 0 Å². The van der Waals surface area contributed by atoms with Crippen LogP contribution in [0.5, 0.6) is 5.88 Å². The third kappa shape index (κ3) is 4.31. The van der Waals surface area contributed by atoms with E-state index < -0.39 is 0 Å². The van der Waals surface area contributed by atoms with E-state index in [4.69, 9.17) is 10.5 Å². The first kappa shape index (κ1) is 15.0. The highest BCUT2D eigenvalue weighted by Crippen LogP contribution is 2.15. The van der Waals surface area contributed by atoms with Gasteiger partial charge in [-0.2, -0.15) is 4.98 Å². The fourth-order valence-electron chi connectivity index (χ4n) is 2.35. The maximum Gasteiger partial charge on any atom is 0.228 e. The molecule has 1 aromatic heterocycles. The zero-order chi connectivity index (χ0) is 14.2. The van der Waals surface area contributed by atoms with Crippen molar-refractivity contribution in [3.8, 4) is 5.88 Å². The average molecular weight is 279 g/mol. The van der Waals surface area contributed by atoms with Crippen LogP contribution in [-0.4, -0.2) is 60.7 Å². The Morgan fingerprint density at radius 2 is 2.20 bits per heavy atom. The molecule has 1 aromatic rings. The topological polar surface area (TPSA) is 67.5 Å². The van der Waals surface area contributed by atoms with Gasteiger partial charge in [0.2, 0.25) is 11.8 Å². The van der Waals surface area contributed by atoms with E-state index in [1.54, 1.807) is 6.20 Å². The van der Waals surface area contributed by atoms with Crippen molar-refractivity contribution < 1.29 is 4.74 Å². The third-order valence-electron chi connectivity index (χ3n) is 3.39. The lowest BCUT2D eigenvalue weighted by Crippen LogP contribution is -2.34. The van der Waals surface area contributed by atoms with Crippen LogP contribution in [0, 0.1) is 0 Å². The summed E-state index contributed by atoms with van der Waals surface area (Å²) in [7, 11) is 0. The highest BCUT2D eigenvalue weighted by molar-refractivity contribution is 5.32. The molecule has 0 spiro atoms. The van der Waals surface area contributed by atoms with Gasteiger partial charge in [-0.25, -0.2) is 4.98 Å². The second-order valence-electron chi connectivity index (χ2n) is 5.01. The first-order valence-electron chi connectivity index (χ1n) is 7.46. The van der Waals surface area contributed by atoms with Crippen LogP contribution in [-0.2, 0) is 0 Å². The minimum Gasteiger partial charge on any atom is -0.478 e. The van der Waals surface area contributed by atoms with Crippen LogP contribution >= 0.6 is 0 Å². The molecule has 0 aliphatic carbocycles. The van der Waals surface area contributed by atoms with Gasteiger partial charge >= 0.3 is 0 Å². The summed E-state index contributed by atoms with van der Waals surface area (Å²) in [5, 5.41) is 0. The number of aromatic nitrogens is 2. The van der Waals surface area contributed by atoms with Crippen LogP contribution in [0.15, 0.2) is 12.3 Å². The summed E-state index contributed by atoms with van der Waals surface area (Å²) in [5.74, 6) is 1.44. The minimum absolute atomic E-state index is 0.667. The van der Waals surface area contributed by atoms with Crippen molar-refractivity contribution in [2.24, 2.45) is 5.73 Å². The van der Waals surface area contributed by atoms with Crippen LogP contribution < -0.4 is 15.4 Å². The molecule has 0 bridgehead atoms. The highest BCUT2D eigenvalue weighted by Gasteiger charge is 2.16. The molecule has 0 aromatic carbocycles. The SMILES string of the molecule is CCCOc1ccnc(N2CCCN(CCN)CC2)n1. The van der Waals surface area contributed by atoms with Crippen molar-refractivity contribution in [1.82, 2.24) is 14.9 Å². The Balaban J connectivity index is 1.96. The lowest BCUT2D eigenvalue weighted by molar-refractivity contribution is 0.301. The van der Waals surface area contributed by atoms with Gasteiger partial charge in [-0.3, -0.25) is 0 Å². The molecule has 6 heteroatoms. The van der Waals surface area contributed by atoms with Crippen LogP contribution in [0.3, 0.4) is 0 Å². The zero-order valence-electron chi connectivity index (χ0n) is 12.3. The number of rotatable bonds is 6.